The first-order valence-corrected chi connectivity index (χ1v) is 6.75. The molecule has 1 atom stereocenters. The molecule has 18 heavy (non-hydrogen) atoms. The van der Waals surface area contributed by atoms with Gasteiger partial charge in [-0.1, -0.05) is 11.6 Å². The van der Waals surface area contributed by atoms with Crippen LogP contribution in [0, 0.1) is 0 Å². The molecule has 1 unspecified atom stereocenters. The molecule has 0 spiro atoms. The predicted molar refractivity (Wildman–Crippen MR) is 73.3 cm³/mol. The number of aliphatic hydroxyl groups excluding tert-OH is 1. The summed E-state index contributed by atoms with van der Waals surface area (Å²) in [5.74, 6) is 1.00. The number of benzene rings is 1. The smallest absolute Gasteiger partial charge is 0.127 e. The van der Waals surface area contributed by atoms with Crippen LogP contribution in [0.25, 0.3) is 0 Å². The van der Waals surface area contributed by atoms with E-state index in [0.29, 0.717) is 0 Å². The van der Waals surface area contributed by atoms with E-state index in [1.54, 1.807) is 0 Å². The van der Waals surface area contributed by atoms with E-state index in [-0.39, 0.29) is 6.10 Å². The standard InChI is InChI=1S/C14H20ClNO2/c1-10(17)3-5-16(2)9-12-8-13(15)7-11-4-6-18-14(11)12/h7-8,10,17H,3-6,9H2,1-2H3. The van der Waals surface area contributed by atoms with Gasteiger partial charge in [-0.15, -0.1) is 0 Å². The fraction of sp³-hybridized carbons (Fsp3) is 0.571. The van der Waals surface area contributed by atoms with Crippen molar-refractivity contribution < 1.29 is 9.84 Å². The fourth-order valence-corrected chi connectivity index (χ4v) is 2.50. The van der Waals surface area contributed by atoms with Crippen molar-refractivity contribution in [1.82, 2.24) is 4.90 Å². The molecule has 4 heteroatoms. The van der Waals surface area contributed by atoms with E-state index in [1.807, 2.05) is 26.1 Å². The van der Waals surface area contributed by atoms with E-state index in [2.05, 4.69) is 4.90 Å². The van der Waals surface area contributed by atoms with Gasteiger partial charge in [0.15, 0.2) is 0 Å². The maximum Gasteiger partial charge on any atom is 0.127 e. The van der Waals surface area contributed by atoms with Crippen LogP contribution >= 0.6 is 11.6 Å². The number of halogens is 1. The second kappa shape index (κ2) is 5.91. The van der Waals surface area contributed by atoms with Crippen molar-refractivity contribution in [2.75, 3.05) is 20.2 Å². The molecular formula is C14H20ClNO2. The molecule has 0 aliphatic carbocycles. The highest BCUT2D eigenvalue weighted by molar-refractivity contribution is 6.30. The quantitative estimate of drug-likeness (QED) is 0.891. The van der Waals surface area contributed by atoms with Crippen LogP contribution in [0.1, 0.15) is 24.5 Å². The SMILES string of the molecule is CC(O)CCN(C)Cc1cc(Cl)cc2c1OCC2. The molecule has 1 aliphatic rings. The molecular weight excluding hydrogens is 250 g/mol. The van der Waals surface area contributed by atoms with Crippen LogP contribution in [-0.2, 0) is 13.0 Å². The average molecular weight is 270 g/mol. The van der Waals surface area contributed by atoms with Crippen LogP contribution in [0.4, 0.5) is 0 Å². The lowest BCUT2D eigenvalue weighted by Crippen LogP contribution is -2.22. The third-order valence-electron chi connectivity index (χ3n) is 3.19. The first-order valence-electron chi connectivity index (χ1n) is 6.37. The molecule has 0 fully saturated rings. The second-order valence-electron chi connectivity index (χ2n) is 5.03. The number of ether oxygens (including phenoxy) is 1. The number of nitrogens with zero attached hydrogens (tertiary/aromatic N) is 1. The van der Waals surface area contributed by atoms with Gasteiger partial charge in [0.1, 0.15) is 5.75 Å². The van der Waals surface area contributed by atoms with Crippen molar-refractivity contribution in [3.8, 4) is 5.75 Å². The average Bonchev–Trinajstić information content (AvgIpc) is 2.74. The molecule has 1 aliphatic heterocycles. The summed E-state index contributed by atoms with van der Waals surface area (Å²) >= 11 is 6.13. The van der Waals surface area contributed by atoms with Gasteiger partial charge in [-0.25, -0.2) is 0 Å². The molecule has 0 saturated heterocycles. The van der Waals surface area contributed by atoms with Crippen molar-refractivity contribution in [1.29, 1.82) is 0 Å². The van der Waals surface area contributed by atoms with Gasteiger partial charge >= 0.3 is 0 Å². The van der Waals surface area contributed by atoms with Gasteiger partial charge in [0, 0.05) is 30.1 Å². The highest BCUT2D eigenvalue weighted by atomic mass is 35.5. The Morgan fingerprint density at radius 1 is 1.50 bits per heavy atom. The molecule has 3 nitrogen and oxygen atoms in total. The lowest BCUT2D eigenvalue weighted by atomic mass is 10.1. The Morgan fingerprint density at radius 3 is 3.00 bits per heavy atom. The first kappa shape index (κ1) is 13.7. The van der Waals surface area contributed by atoms with E-state index < -0.39 is 0 Å². The van der Waals surface area contributed by atoms with Crippen LogP contribution in [0.2, 0.25) is 5.02 Å². The van der Waals surface area contributed by atoms with Crippen molar-refractivity contribution in [2.45, 2.75) is 32.4 Å². The number of hydrogen-bond acceptors (Lipinski definition) is 3. The third kappa shape index (κ3) is 3.37. The number of fused-ring (bicyclic) bond motifs is 1. The summed E-state index contributed by atoms with van der Waals surface area (Å²) in [5.41, 5.74) is 2.35. The maximum atomic E-state index is 9.29. The molecule has 1 heterocycles. The van der Waals surface area contributed by atoms with Crippen LogP contribution in [0.5, 0.6) is 5.75 Å². The molecule has 1 N–H and O–H groups in total. The molecule has 1 aromatic rings. The topological polar surface area (TPSA) is 32.7 Å². The zero-order valence-electron chi connectivity index (χ0n) is 10.9. The summed E-state index contributed by atoms with van der Waals surface area (Å²) in [6.07, 6.45) is 1.47. The molecule has 0 aromatic heterocycles. The zero-order chi connectivity index (χ0) is 13.1. The lowest BCUT2D eigenvalue weighted by Gasteiger charge is -2.19. The minimum atomic E-state index is -0.256. The van der Waals surface area contributed by atoms with Crippen molar-refractivity contribution in [3.63, 3.8) is 0 Å². The van der Waals surface area contributed by atoms with Gasteiger partial charge in [-0.3, -0.25) is 0 Å². The van der Waals surface area contributed by atoms with E-state index in [9.17, 15) is 5.11 Å². The molecule has 1 aromatic carbocycles. The van der Waals surface area contributed by atoms with Crippen LogP contribution in [-0.4, -0.2) is 36.3 Å². The second-order valence-corrected chi connectivity index (χ2v) is 5.46. The molecule has 0 bridgehead atoms. The Morgan fingerprint density at radius 2 is 2.28 bits per heavy atom. The Kier molecular flexibility index (Phi) is 4.49. The summed E-state index contributed by atoms with van der Waals surface area (Å²) in [6, 6.07) is 3.97. The van der Waals surface area contributed by atoms with Crippen molar-refractivity contribution in [2.24, 2.45) is 0 Å². The van der Waals surface area contributed by atoms with Crippen molar-refractivity contribution >= 4 is 11.6 Å². The Bertz CT molecular complexity index is 421. The van der Waals surface area contributed by atoms with E-state index in [0.717, 1.165) is 48.9 Å². The zero-order valence-corrected chi connectivity index (χ0v) is 11.7. The van der Waals surface area contributed by atoms with Crippen LogP contribution in [0.3, 0.4) is 0 Å². The summed E-state index contributed by atoms with van der Waals surface area (Å²) < 4.78 is 5.68. The largest absolute Gasteiger partial charge is 0.493 e. The minimum absolute atomic E-state index is 0.256. The third-order valence-corrected chi connectivity index (χ3v) is 3.41. The monoisotopic (exact) mass is 269 g/mol. The Hall–Kier alpha value is -0.770. The highest BCUT2D eigenvalue weighted by Crippen LogP contribution is 2.33. The summed E-state index contributed by atoms with van der Waals surface area (Å²) in [6.45, 7) is 4.22. The minimum Gasteiger partial charge on any atom is -0.493 e. The van der Waals surface area contributed by atoms with Gasteiger partial charge < -0.3 is 14.7 Å². The van der Waals surface area contributed by atoms with E-state index in [1.165, 1.54) is 5.56 Å². The van der Waals surface area contributed by atoms with E-state index in [4.69, 9.17) is 16.3 Å². The highest BCUT2D eigenvalue weighted by Gasteiger charge is 2.18. The Balaban J connectivity index is 2.05. The summed E-state index contributed by atoms with van der Waals surface area (Å²) in [5, 5.41) is 10.1. The Labute approximate surface area is 113 Å². The normalized spacial score (nSPS) is 15.6. The molecule has 0 saturated carbocycles. The van der Waals surface area contributed by atoms with Crippen LogP contribution < -0.4 is 4.74 Å². The first-order chi connectivity index (χ1) is 8.56. The van der Waals surface area contributed by atoms with Gasteiger partial charge in [-0.2, -0.15) is 0 Å². The molecule has 100 valence electrons. The van der Waals surface area contributed by atoms with Crippen LogP contribution in [0.15, 0.2) is 12.1 Å². The number of aliphatic hydroxyl groups is 1. The maximum absolute atomic E-state index is 9.29. The predicted octanol–water partition coefficient (Wildman–Crippen LogP) is 2.48. The molecule has 2 rings (SSSR count). The summed E-state index contributed by atoms with van der Waals surface area (Å²) in [4.78, 5) is 2.18. The summed E-state index contributed by atoms with van der Waals surface area (Å²) in [7, 11) is 2.05. The molecule has 0 amide bonds. The van der Waals surface area contributed by atoms with Gasteiger partial charge in [0.25, 0.3) is 0 Å². The fourth-order valence-electron chi connectivity index (χ4n) is 2.24. The van der Waals surface area contributed by atoms with Gasteiger partial charge in [0.05, 0.1) is 12.7 Å². The molecule has 0 radical (unpaired) electrons. The number of rotatable bonds is 5. The van der Waals surface area contributed by atoms with Gasteiger partial charge in [-0.05, 0) is 38.1 Å². The number of hydrogen-bond donors (Lipinski definition) is 1. The van der Waals surface area contributed by atoms with Crippen molar-refractivity contribution in [3.05, 3.63) is 28.3 Å². The van der Waals surface area contributed by atoms with E-state index >= 15 is 0 Å². The lowest BCUT2D eigenvalue weighted by molar-refractivity contribution is 0.162. The van der Waals surface area contributed by atoms with Gasteiger partial charge in [0.2, 0.25) is 0 Å².